The van der Waals surface area contributed by atoms with Crippen LogP contribution < -0.4 is 48.9 Å². The molecular weight excluding hydrogens is 2200 g/mol. The van der Waals surface area contributed by atoms with Crippen molar-refractivity contribution < 1.29 is 137 Å². The summed E-state index contributed by atoms with van der Waals surface area (Å²) in [5.74, 6) is -1.27. The molecule has 0 heterocycles. The van der Waals surface area contributed by atoms with Crippen molar-refractivity contribution in [3.05, 3.63) is 207 Å². The maximum atomic E-state index is 12.3. The first-order valence-corrected chi connectivity index (χ1v) is 62.0. The second-order valence-electron chi connectivity index (χ2n) is 30.5. The number of non-ortho nitro benzene ring substituents is 3. The Morgan fingerprint density at radius 1 is 0.455 bits per heavy atom. The first-order chi connectivity index (χ1) is 66.4. The minimum absolute atomic E-state index is 0. The third kappa shape index (κ3) is 76.3. The summed E-state index contributed by atoms with van der Waals surface area (Å²) in [6, 6.07) is 35.1. The summed E-state index contributed by atoms with van der Waals surface area (Å²) in [7, 11) is 5.70. The Morgan fingerprint density at radius 3 is 1.05 bits per heavy atom. The standard InChI is InChI=1S/C15H28O4.C14H10ClNO4.C14H12ClNO3.C11H23BrO.C11H21BrO.C11H24O2.C7H4ClNO4.C7H12O4.C7H8O.C2H5O.CH4.3Na.S3.S2.2H2S/c1-5-9-11-15(12-10-6-2,13(16)18-7-3)14(17)19-8-4;1-20-11-5-2-9(3-6-11)14(17)12-8-10(16(18)19)4-7-13(12)15;1-19-13-5-2-10(3-6-13)8-11-9-12(16(17)18)4-7-14(11)15;3*1-3-5-7-11(9-12,10-13)8-6-4-2;8-6-2-1-4(9(12)13)3-5(6)7(10)11;1-3-10-6(8)5-7(9)11-4-2;1-8-7-5-3-2-4-6-7;1-2-3;;;;;1-3-2;1-2;;/h5-12H2,1-4H3;2-8H,1H3;2-7,9H,8H2,1H3;13H,3-10H2,1-2H3;10H,3-9H2,1-2H3;12-13H,3-10H2,1-2H3;1-3H,(H,10,11);3-5H2,1-2H3;2-6H,1H3;2H2,1H3;1H4;;;;;;2*1H2/q;;;;;;;;;-1;;;;+1;;;;. The third-order valence-corrected chi connectivity index (χ3v) is 23.5. The van der Waals surface area contributed by atoms with Crippen molar-refractivity contribution >= 4 is 250 Å². The fourth-order valence-electron chi connectivity index (χ4n) is 12.1. The van der Waals surface area contributed by atoms with Gasteiger partial charge in [0.2, 0.25) is 0 Å². The third-order valence-electron chi connectivity index (χ3n) is 20.2. The van der Waals surface area contributed by atoms with Crippen LogP contribution in [0.2, 0.25) is 15.1 Å². The predicted octanol–water partition coefficient (Wildman–Crippen LogP) is 21.4. The fourth-order valence-corrected chi connectivity index (χ4v) is 14.1. The van der Waals surface area contributed by atoms with Gasteiger partial charge in [-0.3, -0.25) is 54.3 Å². The molecule has 800 valence electrons. The van der Waals surface area contributed by atoms with Gasteiger partial charge in [0.1, 0.15) is 30.0 Å². The molecule has 4 N–H and O–H groups in total. The summed E-state index contributed by atoms with van der Waals surface area (Å²) in [5.41, 5.74) is 0.336. The van der Waals surface area contributed by atoms with E-state index < -0.39 is 50.0 Å². The number of aromatic carboxylic acids is 1. The number of nitro benzene ring substituents is 3. The maximum absolute atomic E-state index is 12.3. The van der Waals surface area contributed by atoms with Crippen molar-refractivity contribution in [3.8, 4) is 17.2 Å². The molecule has 0 spiro atoms. The van der Waals surface area contributed by atoms with Crippen molar-refractivity contribution in [2.45, 2.75) is 264 Å². The van der Waals surface area contributed by atoms with Gasteiger partial charge in [0.25, 0.3) is 17.1 Å². The molecule has 0 amide bonds. The molecule has 0 bridgehead atoms. The monoisotopic (exact) mass is 2350 g/mol. The number of ketones is 1. The number of rotatable bonds is 49. The van der Waals surface area contributed by atoms with Crippen LogP contribution in [-0.2, 0) is 103 Å². The van der Waals surface area contributed by atoms with Crippen LogP contribution in [0.25, 0.3) is 0 Å². The van der Waals surface area contributed by atoms with Gasteiger partial charge in [0.05, 0.1) is 91.3 Å². The molecule has 0 radical (unpaired) electrons. The number of aldehydes is 1. The zero-order valence-corrected chi connectivity index (χ0v) is 104. The number of ether oxygens (including phenoxy) is 7. The Bertz CT molecular complexity index is 4210. The number of alkyl halides is 2. The molecule has 0 aliphatic rings. The van der Waals surface area contributed by atoms with Crippen LogP contribution in [0.1, 0.15) is 295 Å². The molecule has 0 fully saturated rings. The van der Waals surface area contributed by atoms with Crippen LogP contribution in [0.5, 0.6) is 17.2 Å². The number of para-hydroxylation sites is 1. The van der Waals surface area contributed by atoms with E-state index in [1.54, 1.807) is 79.2 Å². The van der Waals surface area contributed by atoms with Gasteiger partial charge in [-0.1, -0.05) is 269 Å². The zero-order valence-electron chi connectivity index (χ0n) is 86.4. The second-order valence-corrected chi connectivity index (χ2v) is 34.6. The summed E-state index contributed by atoms with van der Waals surface area (Å²) in [6.07, 6.45) is 26.3. The van der Waals surface area contributed by atoms with Crippen molar-refractivity contribution in [2.75, 3.05) is 84.8 Å². The van der Waals surface area contributed by atoms with Crippen LogP contribution in [-0.4, -0.2) is 206 Å². The van der Waals surface area contributed by atoms with Gasteiger partial charge in [0, 0.05) is 140 Å². The number of carboxylic acid groups (broad SMARTS) is 1. The number of hydrogen-bond donors (Lipinski definition) is 4. The van der Waals surface area contributed by atoms with Crippen molar-refractivity contribution in [2.24, 2.45) is 21.7 Å². The predicted molar refractivity (Wildman–Crippen MR) is 605 cm³/mol. The number of nitrogens with zero attached hydrogens (tertiary/aromatic N) is 3. The molecule has 0 atom stereocenters. The van der Waals surface area contributed by atoms with Gasteiger partial charge >= 0.3 is 103 Å². The van der Waals surface area contributed by atoms with E-state index in [4.69, 9.17) is 68.7 Å². The van der Waals surface area contributed by atoms with E-state index in [-0.39, 0.29) is 177 Å². The van der Waals surface area contributed by atoms with Gasteiger partial charge in [0.15, 0.2) is 11.2 Å². The Balaban J connectivity index is -0.000000151. The summed E-state index contributed by atoms with van der Waals surface area (Å²) < 4.78 is 34.3. The number of halogens is 5. The molecule has 6 aromatic rings. The van der Waals surface area contributed by atoms with Gasteiger partial charge < -0.3 is 63.5 Å². The average Bonchev–Trinajstić information content (AvgIpc) is 0.718. The number of carbonyl (C=O) groups is 7. The normalized spacial score (nSPS) is 9.83. The van der Waals surface area contributed by atoms with E-state index in [0.29, 0.717) is 42.2 Å². The van der Waals surface area contributed by atoms with Crippen molar-refractivity contribution in [1.29, 1.82) is 0 Å². The van der Waals surface area contributed by atoms with Crippen LogP contribution in [0, 0.1) is 52.0 Å². The molecule has 28 nitrogen and oxygen atoms in total. The summed E-state index contributed by atoms with van der Waals surface area (Å²) in [5, 5.41) is 79.6. The topological polar surface area (TPSA) is 417 Å². The number of methoxy groups -OCH3 is 3. The summed E-state index contributed by atoms with van der Waals surface area (Å²) in [6.45, 7) is 27.3. The number of nitro groups is 3. The number of carbonyl (C=O) groups excluding carboxylic acids is 6. The number of aliphatic hydroxyl groups excluding tert-OH is 3. The van der Waals surface area contributed by atoms with Crippen LogP contribution >= 0.6 is 93.7 Å². The Kier molecular flexibility index (Phi) is 120. The molecule has 6 rings (SSSR count). The Labute approximate surface area is 970 Å². The number of unbranched alkanes of at least 4 members (excludes halogenated alkanes) is 8. The SMILES string of the molecule is C.CCCCC(C=O)(CBr)CCCC.CCCCC(CCCC)(C(=O)OCC)C(=O)OCC.CCCCC(CO)(CBr)CCCC.CCCCC(CO)(CO)CCCC.CCOC(=O)CC(=O)OCC.CC[O-].COc1ccc(C(=O)c2cc([N+](=O)[O-])ccc2Cl)cc1.COc1ccc(Cc2cc([N+](=O)[O-])ccc2Cl)cc1.COc1ccccc1.O=C(O)c1cc([N+](=O)[O-])ccc1Cl.S.S.S=S.S=S=S.[Na+].[Na][Na]. The molecule has 0 aliphatic heterocycles. The van der Waals surface area contributed by atoms with E-state index in [9.17, 15) is 79.2 Å². The van der Waals surface area contributed by atoms with Gasteiger partial charge in [-0.2, -0.15) is 27.0 Å². The number of benzene rings is 6. The van der Waals surface area contributed by atoms with E-state index in [2.05, 4.69) is 128 Å². The van der Waals surface area contributed by atoms with Gasteiger partial charge in [-0.15, -0.1) is 6.61 Å². The van der Waals surface area contributed by atoms with Crippen LogP contribution in [0.4, 0.5) is 17.1 Å². The number of carboxylic acids is 1. The molecule has 0 saturated heterocycles. The Morgan fingerprint density at radius 2 is 0.755 bits per heavy atom. The molecule has 143 heavy (non-hydrogen) atoms. The number of aliphatic hydroxyl groups is 3. The van der Waals surface area contributed by atoms with E-state index >= 15 is 0 Å². The molecule has 43 heteroatoms. The van der Waals surface area contributed by atoms with Crippen LogP contribution in [0.3, 0.4) is 0 Å². The van der Waals surface area contributed by atoms with Crippen molar-refractivity contribution in [1.82, 2.24) is 0 Å². The van der Waals surface area contributed by atoms with Gasteiger partial charge in [-0.05, 0) is 163 Å². The van der Waals surface area contributed by atoms with Crippen LogP contribution in [0.15, 0.2) is 133 Å². The molecule has 6 aromatic carbocycles. The number of hydrogen-bond acceptors (Lipinski definition) is 28. The first-order valence-electron chi connectivity index (χ1n) is 46.6. The molecule has 0 aromatic heterocycles. The zero-order chi connectivity index (χ0) is 108. The quantitative estimate of drug-likeness (QED) is 0.00317. The van der Waals surface area contributed by atoms with Crippen molar-refractivity contribution in [3.63, 3.8) is 0 Å². The Hall–Kier alpha value is -3.92. The molecule has 0 saturated carbocycles. The van der Waals surface area contributed by atoms with Gasteiger partial charge in [-0.25, -0.2) is 4.79 Å². The van der Waals surface area contributed by atoms with E-state index in [1.807, 2.05) is 68.4 Å². The molecule has 0 unspecified atom stereocenters. The van der Waals surface area contributed by atoms with E-state index in [0.717, 1.165) is 163 Å². The number of esters is 4. The average molecular weight is 2360 g/mol. The molecule has 0 aliphatic carbocycles. The summed E-state index contributed by atoms with van der Waals surface area (Å²) in [4.78, 5) is 110. The molecular formula is C100H155Br2Cl3N3Na3O25S7. The second kappa shape index (κ2) is 107. The minimum atomic E-state index is -1.28. The van der Waals surface area contributed by atoms with E-state index in [1.165, 1.54) is 126 Å². The summed E-state index contributed by atoms with van der Waals surface area (Å²) >= 11 is 43.0. The first kappa shape index (κ1) is 162. The fraction of sp³-hybridized carbons (Fsp3) is 0.570.